The minimum Gasteiger partial charge on any atom is -0.324 e. The van der Waals surface area contributed by atoms with E-state index in [9.17, 15) is 22.8 Å². The number of benzene rings is 1. The van der Waals surface area contributed by atoms with Crippen molar-refractivity contribution < 1.29 is 22.8 Å². The number of hydrogen-bond donors (Lipinski definition) is 1. The van der Waals surface area contributed by atoms with Crippen molar-refractivity contribution in [1.82, 2.24) is 4.90 Å². The summed E-state index contributed by atoms with van der Waals surface area (Å²) in [6.07, 6.45) is -2.55. The number of carbonyl (C=O) groups excluding carboxylic acids is 2. The molecule has 1 aromatic carbocycles. The third-order valence-corrected chi connectivity index (χ3v) is 4.58. The van der Waals surface area contributed by atoms with E-state index in [0.29, 0.717) is 13.1 Å². The minimum absolute atomic E-state index is 0.0743. The molecule has 0 spiro atoms. The number of amides is 2. The number of piperidine rings is 1. The van der Waals surface area contributed by atoms with Crippen LogP contribution in [0.3, 0.4) is 0 Å². The molecule has 0 aromatic heterocycles. The van der Waals surface area contributed by atoms with E-state index in [2.05, 4.69) is 5.32 Å². The maximum atomic E-state index is 13.6. The average molecular weight is 355 g/mol. The molecule has 1 saturated heterocycles. The van der Waals surface area contributed by atoms with Crippen LogP contribution in [0.25, 0.3) is 0 Å². The Bertz CT molecular complexity index is 657. The highest BCUT2D eigenvalue weighted by Crippen LogP contribution is 2.37. The van der Waals surface area contributed by atoms with Gasteiger partial charge in [0.25, 0.3) is 0 Å². The van der Waals surface area contributed by atoms with E-state index in [-0.39, 0.29) is 17.9 Å². The van der Waals surface area contributed by atoms with Gasteiger partial charge in [-0.25, -0.2) is 0 Å². The number of fused-ring (bicyclic) bond motifs is 1. The number of rotatable bonds is 2. The molecule has 2 aliphatic heterocycles. The second-order valence-corrected chi connectivity index (χ2v) is 6.43. The number of nitrogens with zero attached hydrogens (tertiary/aromatic N) is 2. The van der Waals surface area contributed by atoms with Gasteiger partial charge in [-0.2, -0.15) is 13.2 Å². The van der Waals surface area contributed by atoms with Crippen molar-refractivity contribution in [2.24, 2.45) is 0 Å². The summed E-state index contributed by atoms with van der Waals surface area (Å²) in [7, 11) is 0. The zero-order valence-electron chi connectivity index (χ0n) is 13.7. The lowest BCUT2D eigenvalue weighted by Crippen LogP contribution is -2.52. The molecule has 0 aliphatic carbocycles. The maximum absolute atomic E-state index is 13.6. The predicted molar refractivity (Wildman–Crippen MR) is 87.3 cm³/mol. The van der Waals surface area contributed by atoms with Crippen LogP contribution in [0.4, 0.5) is 24.5 Å². The third kappa shape index (κ3) is 3.95. The summed E-state index contributed by atoms with van der Waals surface area (Å²) in [5, 5.41) is 2.47. The van der Waals surface area contributed by atoms with E-state index in [1.807, 2.05) is 4.90 Å². The topological polar surface area (TPSA) is 52.7 Å². The number of para-hydroxylation sites is 2. The van der Waals surface area contributed by atoms with Crippen LogP contribution in [0.1, 0.15) is 25.7 Å². The minimum atomic E-state index is -4.69. The van der Waals surface area contributed by atoms with E-state index in [0.717, 1.165) is 24.2 Å². The molecule has 1 N–H and O–H groups in total. The largest absolute Gasteiger partial charge is 0.409 e. The van der Waals surface area contributed by atoms with Crippen LogP contribution in [0.5, 0.6) is 0 Å². The molecule has 3 rings (SSSR count). The van der Waals surface area contributed by atoms with E-state index in [4.69, 9.17) is 0 Å². The predicted octanol–water partition coefficient (Wildman–Crippen LogP) is 2.78. The summed E-state index contributed by atoms with van der Waals surface area (Å²) in [6, 6.07) is 3.96. The van der Waals surface area contributed by atoms with Gasteiger partial charge in [-0.3, -0.25) is 19.4 Å². The number of carbonyl (C=O) groups is 2. The lowest BCUT2D eigenvalue weighted by Gasteiger charge is -2.34. The van der Waals surface area contributed by atoms with Gasteiger partial charge >= 0.3 is 6.18 Å². The highest BCUT2D eigenvalue weighted by molar-refractivity contribution is 6.05. The van der Waals surface area contributed by atoms with Crippen molar-refractivity contribution in [3.05, 3.63) is 24.3 Å². The number of nitrogens with one attached hydrogen (secondary N) is 1. The molecule has 5 nitrogen and oxygen atoms in total. The second kappa shape index (κ2) is 7.03. The molecular weight excluding hydrogens is 335 g/mol. The van der Waals surface area contributed by atoms with Gasteiger partial charge in [-0.1, -0.05) is 18.6 Å². The first kappa shape index (κ1) is 17.7. The van der Waals surface area contributed by atoms with E-state index >= 15 is 0 Å². The molecule has 2 heterocycles. The number of halogens is 3. The maximum Gasteiger partial charge on any atom is 0.409 e. The van der Waals surface area contributed by atoms with Crippen molar-refractivity contribution in [3.8, 4) is 0 Å². The average Bonchev–Trinajstić information content (AvgIpc) is 2.71. The number of anilines is 2. The highest BCUT2D eigenvalue weighted by Gasteiger charge is 2.49. The Morgan fingerprint density at radius 2 is 1.84 bits per heavy atom. The molecule has 1 aromatic rings. The van der Waals surface area contributed by atoms with Gasteiger partial charge in [-0.05, 0) is 38.1 Å². The molecular formula is C17H20F3N3O2. The van der Waals surface area contributed by atoms with Crippen LogP contribution in [-0.4, -0.2) is 48.6 Å². The molecule has 8 heteroatoms. The van der Waals surface area contributed by atoms with Gasteiger partial charge in [0.1, 0.15) is 6.04 Å². The van der Waals surface area contributed by atoms with Crippen molar-refractivity contribution in [2.75, 3.05) is 29.9 Å². The quantitative estimate of drug-likeness (QED) is 0.888. The zero-order valence-corrected chi connectivity index (χ0v) is 13.7. The number of alkyl halides is 3. The molecule has 0 unspecified atom stereocenters. The van der Waals surface area contributed by atoms with Crippen LogP contribution in [-0.2, 0) is 9.59 Å². The Morgan fingerprint density at radius 3 is 2.52 bits per heavy atom. The van der Waals surface area contributed by atoms with Crippen LogP contribution in [0.15, 0.2) is 24.3 Å². The fraction of sp³-hybridized carbons (Fsp3) is 0.529. The van der Waals surface area contributed by atoms with Crippen molar-refractivity contribution in [2.45, 2.75) is 37.9 Å². The van der Waals surface area contributed by atoms with E-state index in [1.54, 1.807) is 12.1 Å². The van der Waals surface area contributed by atoms with E-state index < -0.39 is 30.5 Å². The summed E-state index contributed by atoms with van der Waals surface area (Å²) in [5.74, 6) is -1.38. The lowest BCUT2D eigenvalue weighted by molar-refractivity contribution is -0.158. The summed E-state index contributed by atoms with van der Waals surface area (Å²) < 4.78 is 40.8. The van der Waals surface area contributed by atoms with E-state index in [1.165, 1.54) is 12.1 Å². The molecule has 0 radical (unpaired) electrons. The molecule has 1 fully saturated rings. The Morgan fingerprint density at radius 1 is 1.16 bits per heavy atom. The zero-order chi connectivity index (χ0) is 18.0. The van der Waals surface area contributed by atoms with Crippen molar-refractivity contribution in [1.29, 1.82) is 0 Å². The van der Waals surface area contributed by atoms with Crippen LogP contribution < -0.4 is 10.2 Å². The molecule has 0 bridgehead atoms. The molecule has 1 atom stereocenters. The molecule has 136 valence electrons. The summed E-state index contributed by atoms with van der Waals surface area (Å²) in [6.45, 7) is 1.33. The number of hydrogen-bond acceptors (Lipinski definition) is 3. The third-order valence-electron chi connectivity index (χ3n) is 4.58. The fourth-order valence-corrected chi connectivity index (χ4v) is 3.38. The monoisotopic (exact) mass is 355 g/mol. The SMILES string of the molecule is O=C1C[C@H](C(F)(F)F)N(C(=O)CN2CCCCC2)c2ccccc2N1. The number of likely N-dealkylation sites (tertiary alicyclic amines) is 1. The van der Waals surface area contributed by atoms with Gasteiger partial charge in [0.15, 0.2) is 0 Å². The standard InChI is InChI=1S/C17H20F3N3O2/c18-17(19,20)14-10-15(24)21-12-6-2-3-7-13(12)23(14)16(25)11-22-8-4-1-5-9-22/h2-3,6-7,14H,1,4-5,8-11H2,(H,21,24)/t14-/m1/s1. The molecule has 2 aliphatic rings. The van der Waals surface area contributed by atoms with Crippen LogP contribution in [0.2, 0.25) is 0 Å². The Kier molecular flexibility index (Phi) is 4.99. The fourth-order valence-electron chi connectivity index (χ4n) is 3.38. The van der Waals surface area contributed by atoms with Gasteiger partial charge in [0, 0.05) is 0 Å². The summed E-state index contributed by atoms with van der Waals surface area (Å²) >= 11 is 0. The second-order valence-electron chi connectivity index (χ2n) is 6.43. The molecule has 25 heavy (non-hydrogen) atoms. The Labute approximate surface area is 143 Å². The van der Waals surface area contributed by atoms with Gasteiger partial charge < -0.3 is 5.32 Å². The summed E-state index contributed by atoms with van der Waals surface area (Å²) in [5.41, 5.74) is 0.323. The van der Waals surface area contributed by atoms with Crippen LogP contribution in [0, 0.1) is 0 Å². The van der Waals surface area contributed by atoms with Gasteiger partial charge in [-0.15, -0.1) is 0 Å². The highest BCUT2D eigenvalue weighted by atomic mass is 19.4. The summed E-state index contributed by atoms with van der Waals surface area (Å²) in [4.78, 5) is 27.3. The Hall–Kier alpha value is -2.09. The normalized spacial score (nSPS) is 22.1. The van der Waals surface area contributed by atoms with Crippen molar-refractivity contribution in [3.63, 3.8) is 0 Å². The first-order chi connectivity index (χ1) is 11.9. The van der Waals surface area contributed by atoms with Crippen molar-refractivity contribution >= 4 is 23.2 Å². The molecule has 2 amide bonds. The first-order valence-electron chi connectivity index (χ1n) is 8.36. The Balaban J connectivity index is 1.95. The first-order valence-corrected chi connectivity index (χ1v) is 8.36. The lowest BCUT2D eigenvalue weighted by atomic mass is 10.1. The van der Waals surface area contributed by atoms with Crippen LogP contribution >= 0.6 is 0 Å². The van der Waals surface area contributed by atoms with Gasteiger partial charge in [0.2, 0.25) is 11.8 Å². The van der Waals surface area contributed by atoms with Gasteiger partial charge in [0.05, 0.1) is 24.3 Å². The molecule has 0 saturated carbocycles. The smallest absolute Gasteiger partial charge is 0.324 e.